The molecule has 1 aliphatic heterocycles. The van der Waals surface area contributed by atoms with Gasteiger partial charge in [0.2, 0.25) is 0 Å². The molecule has 1 saturated carbocycles. The van der Waals surface area contributed by atoms with Gasteiger partial charge in [-0.15, -0.1) is 0 Å². The first-order valence-electron chi connectivity index (χ1n) is 8.84. The highest BCUT2D eigenvalue weighted by molar-refractivity contribution is 5.97. The number of carbonyl (C=O) groups excluding carboxylic acids is 2. The van der Waals surface area contributed by atoms with Gasteiger partial charge in [0.25, 0.3) is 0 Å². The zero-order chi connectivity index (χ0) is 16.8. The lowest BCUT2D eigenvalue weighted by Gasteiger charge is -2.54. The van der Waals surface area contributed by atoms with Gasteiger partial charge < -0.3 is 4.74 Å². The third-order valence-corrected chi connectivity index (χ3v) is 6.60. The lowest BCUT2D eigenvalue weighted by molar-refractivity contribution is -0.135. The second-order valence-electron chi connectivity index (χ2n) is 8.45. The number of esters is 1. The number of hydrogen-bond donors (Lipinski definition) is 0. The largest absolute Gasteiger partial charge is 0.458 e. The summed E-state index contributed by atoms with van der Waals surface area (Å²) in [5.41, 5.74) is 3.73. The molecule has 2 aliphatic carbocycles. The Labute approximate surface area is 139 Å². The van der Waals surface area contributed by atoms with Crippen LogP contribution in [0.15, 0.2) is 22.8 Å². The van der Waals surface area contributed by atoms with E-state index in [0.717, 1.165) is 24.0 Å². The first kappa shape index (κ1) is 16.5. The summed E-state index contributed by atoms with van der Waals surface area (Å²) < 4.78 is 5.00. The van der Waals surface area contributed by atoms with Crippen molar-refractivity contribution in [3.8, 4) is 0 Å². The zero-order valence-electron chi connectivity index (χ0n) is 14.8. The van der Waals surface area contributed by atoms with Crippen LogP contribution in [0.3, 0.4) is 0 Å². The number of allylic oxidation sites excluding steroid dienone is 2. The number of ketones is 1. The summed E-state index contributed by atoms with van der Waals surface area (Å²) in [7, 11) is 0. The van der Waals surface area contributed by atoms with Crippen molar-refractivity contribution in [2.45, 2.75) is 66.2 Å². The monoisotopic (exact) mass is 316 g/mol. The Balaban J connectivity index is 1.89. The quantitative estimate of drug-likeness (QED) is 0.726. The van der Waals surface area contributed by atoms with E-state index < -0.39 is 0 Å². The lowest BCUT2D eigenvalue weighted by Crippen LogP contribution is -2.47. The van der Waals surface area contributed by atoms with Crippen molar-refractivity contribution < 1.29 is 14.3 Å². The predicted molar refractivity (Wildman–Crippen MR) is 89.8 cm³/mol. The van der Waals surface area contributed by atoms with Crippen LogP contribution in [-0.4, -0.2) is 18.4 Å². The average Bonchev–Trinajstić information content (AvgIpc) is 2.87. The molecule has 0 saturated heterocycles. The van der Waals surface area contributed by atoms with E-state index in [4.69, 9.17) is 4.74 Å². The maximum atomic E-state index is 12.6. The summed E-state index contributed by atoms with van der Waals surface area (Å²) >= 11 is 0. The van der Waals surface area contributed by atoms with E-state index in [9.17, 15) is 9.59 Å². The van der Waals surface area contributed by atoms with Crippen molar-refractivity contribution in [2.75, 3.05) is 6.61 Å². The van der Waals surface area contributed by atoms with Crippen LogP contribution in [0.2, 0.25) is 0 Å². The Morgan fingerprint density at radius 2 is 1.91 bits per heavy atom. The fraction of sp³-hybridized carbons (Fsp3) is 0.700. The Morgan fingerprint density at radius 3 is 2.57 bits per heavy atom. The van der Waals surface area contributed by atoms with Gasteiger partial charge in [-0.3, -0.25) is 4.79 Å². The Hall–Kier alpha value is -1.38. The summed E-state index contributed by atoms with van der Waals surface area (Å²) in [6.07, 6.45) is 7.64. The summed E-state index contributed by atoms with van der Waals surface area (Å²) in [6, 6.07) is 0. The lowest BCUT2D eigenvalue weighted by atomic mass is 9.49. The molecule has 0 aromatic rings. The van der Waals surface area contributed by atoms with Crippen molar-refractivity contribution in [3.63, 3.8) is 0 Å². The van der Waals surface area contributed by atoms with E-state index in [-0.39, 0.29) is 16.8 Å². The molecule has 0 aromatic carbocycles. The van der Waals surface area contributed by atoms with Crippen molar-refractivity contribution in [1.29, 1.82) is 0 Å². The molecule has 126 valence electrons. The van der Waals surface area contributed by atoms with Gasteiger partial charge in [-0.2, -0.15) is 0 Å². The fourth-order valence-electron chi connectivity index (χ4n) is 5.24. The van der Waals surface area contributed by atoms with Crippen LogP contribution in [0.5, 0.6) is 0 Å². The maximum Gasteiger partial charge on any atom is 0.331 e. The van der Waals surface area contributed by atoms with E-state index in [1.165, 1.54) is 24.8 Å². The Kier molecular flexibility index (Phi) is 4.02. The molecular formula is C20H28O3. The zero-order valence-corrected chi connectivity index (χ0v) is 14.8. The highest BCUT2D eigenvalue weighted by Gasteiger charge is 2.51. The van der Waals surface area contributed by atoms with E-state index in [1.54, 1.807) is 6.08 Å². The summed E-state index contributed by atoms with van der Waals surface area (Å²) in [5, 5.41) is 0. The van der Waals surface area contributed by atoms with Gasteiger partial charge >= 0.3 is 5.97 Å². The number of fused-ring (bicyclic) bond motifs is 1. The van der Waals surface area contributed by atoms with Crippen LogP contribution in [0.25, 0.3) is 0 Å². The fourth-order valence-corrected chi connectivity index (χ4v) is 5.24. The average molecular weight is 316 g/mol. The highest BCUT2D eigenvalue weighted by atomic mass is 16.5. The first-order valence-corrected chi connectivity index (χ1v) is 8.84. The molecule has 0 amide bonds. The van der Waals surface area contributed by atoms with Crippen molar-refractivity contribution in [1.82, 2.24) is 0 Å². The minimum atomic E-state index is -0.228. The molecule has 2 atom stereocenters. The van der Waals surface area contributed by atoms with Crippen LogP contribution in [-0.2, 0) is 14.3 Å². The van der Waals surface area contributed by atoms with Crippen LogP contribution in [0.4, 0.5) is 0 Å². The molecule has 3 aliphatic rings. The molecule has 3 rings (SSSR count). The van der Waals surface area contributed by atoms with Crippen LogP contribution in [0, 0.1) is 16.7 Å². The van der Waals surface area contributed by atoms with Crippen LogP contribution < -0.4 is 0 Å². The van der Waals surface area contributed by atoms with Gasteiger partial charge in [-0.1, -0.05) is 32.8 Å². The number of rotatable bonds is 3. The third kappa shape index (κ3) is 2.79. The van der Waals surface area contributed by atoms with E-state index in [2.05, 4.69) is 20.8 Å². The molecule has 2 unspecified atom stereocenters. The van der Waals surface area contributed by atoms with Gasteiger partial charge in [0.05, 0.1) is 0 Å². The number of hydrogen-bond acceptors (Lipinski definition) is 3. The molecule has 0 spiro atoms. The van der Waals surface area contributed by atoms with Crippen LogP contribution in [0.1, 0.15) is 66.2 Å². The molecule has 23 heavy (non-hydrogen) atoms. The Morgan fingerprint density at radius 1 is 1.17 bits per heavy atom. The normalized spacial score (nSPS) is 33.4. The topological polar surface area (TPSA) is 43.4 Å². The minimum Gasteiger partial charge on any atom is -0.458 e. The SMILES string of the molecule is CC1=C(CCC2=CC(=O)OC2)C2(C)CCCC(C)(C)C2CC1=O. The van der Waals surface area contributed by atoms with Gasteiger partial charge in [-0.05, 0) is 60.5 Å². The first-order chi connectivity index (χ1) is 10.7. The van der Waals surface area contributed by atoms with E-state index >= 15 is 0 Å². The molecule has 0 N–H and O–H groups in total. The molecule has 1 heterocycles. The third-order valence-electron chi connectivity index (χ3n) is 6.60. The van der Waals surface area contributed by atoms with E-state index in [1.807, 2.05) is 6.92 Å². The van der Waals surface area contributed by atoms with E-state index in [0.29, 0.717) is 24.7 Å². The highest BCUT2D eigenvalue weighted by Crippen LogP contribution is 2.59. The summed E-state index contributed by atoms with van der Waals surface area (Å²) in [4.78, 5) is 23.8. The molecule has 0 radical (unpaired) electrons. The minimum absolute atomic E-state index is 0.129. The summed E-state index contributed by atoms with van der Waals surface area (Å²) in [6.45, 7) is 9.45. The number of Topliss-reactive ketones (excluding diaryl/α,β-unsaturated/α-hetero) is 1. The van der Waals surface area contributed by atoms with Gasteiger partial charge in [0, 0.05) is 12.5 Å². The summed E-state index contributed by atoms with van der Waals surface area (Å²) in [5.74, 6) is 0.531. The van der Waals surface area contributed by atoms with Gasteiger partial charge in [0.1, 0.15) is 6.61 Å². The second kappa shape index (κ2) is 5.61. The van der Waals surface area contributed by atoms with Gasteiger partial charge in [0.15, 0.2) is 5.78 Å². The number of ether oxygens (including phenoxy) is 1. The smallest absolute Gasteiger partial charge is 0.331 e. The number of cyclic esters (lactones) is 1. The molecule has 1 fully saturated rings. The molecule has 3 nitrogen and oxygen atoms in total. The molecular weight excluding hydrogens is 288 g/mol. The maximum absolute atomic E-state index is 12.6. The van der Waals surface area contributed by atoms with Crippen molar-refractivity contribution in [3.05, 3.63) is 22.8 Å². The number of carbonyl (C=O) groups is 2. The van der Waals surface area contributed by atoms with Crippen LogP contribution >= 0.6 is 0 Å². The standard InChI is InChI=1S/C20H28O3/c1-13-15(7-6-14-10-18(22)23-12-14)20(4)9-5-8-19(2,3)17(20)11-16(13)21/h10,17H,5-9,11-12H2,1-4H3. The second-order valence-corrected chi connectivity index (χ2v) is 8.45. The van der Waals surface area contributed by atoms with Crippen molar-refractivity contribution in [2.24, 2.45) is 16.7 Å². The van der Waals surface area contributed by atoms with Gasteiger partial charge in [-0.25, -0.2) is 4.79 Å². The molecule has 3 heteroatoms. The predicted octanol–water partition coefficient (Wildman–Crippen LogP) is 4.37. The van der Waals surface area contributed by atoms with Crippen molar-refractivity contribution >= 4 is 11.8 Å². The Bertz CT molecular complexity index is 608. The molecule has 0 aromatic heterocycles. The molecule has 0 bridgehead atoms.